The van der Waals surface area contributed by atoms with Crippen molar-refractivity contribution in [2.45, 2.75) is 0 Å². The molecular formula is C12H11Cl2NO3. The van der Waals surface area contributed by atoms with Gasteiger partial charge in [-0.2, -0.15) is 0 Å². The molecule has 0 bridgehead atoms. The lowest BCUT2D eigenvalue weighted by atomic mass is 10.1. The third-order valence-electron chi connectivity index (χ3n) is 2.63. The van der Waals surface area contributed by atoms with Gasteiger partial charge in [-0.1, -0.05) is 17.7 Å². The standard InChI is InChI=1S/C12H11Cl2NO3/c13-4-6-18-7-5-15-9-3-1-2-8(14)10(9)11(16)12(15)17/h1-3H,4-7H2. The Morgan fingerprint density at radius 2 is 2.00 bits per heavy atom. The highest BCUT2D eigenvalue weighted by Crippen LogP contribution is 2.33. The van der Waals surface area contributed by atoms with Gasteiger partial charge in [0.25, 0.3) is 11.7 Å². The van der Waals surface area contributed by atoms with E-state index in [-0.39, 0.29) is 5.56 Å². The molecule has 1 aliphatic rings. The van der Waals surface area contributed by atoms with Gasteiger partial charge in [0, 0.05) is 12.4 Å². The van der Waals surface area contributed by atoms with Crippen molar-refractivity contribution >= 4 is 40.6 Å². The minimum atomic E-state index is -0.562. The van der Waals surface area contributed by atoms with Crippen LogP contribution in [0.1, 0.15) is 10.4 Å². The van der Waals surface area contributed by atoms with E-state index in [1.54, 1.807) is 18.2 Å². The van der Waals surface area contributed by atoms with Gasteiger partial charge in [0.15, 0.2) is 0 Å². The lowest BCUT2D eigenvalue weighted by Gasteiger charge is -2.16. The quantitative estimate of drug-likeness (QED) is 0.473. The molecule has 0 atom stereocenters. The zero-order chi connectivity index (χ0) is 13.1. The second-order valence-electron chi connectivity index (χ2n) is 3.72. The summed E-state index contributed by atoms with van der Waals surface area (Å²) in [4.78, 5) is 25.0. The summed E-state index contributed by atoms with van der Waals surface area (Å²) < 4.78 is 5.20. The number of hydrogen-bond acceptors (Lipinski definition) is 3. The van der Waals surface area contributed by atoms with E-state index >= 15 is 0 Å². The molecule has 0 saturated heterocycles. The number of anilines is 1. The number of ether oxygens (including phenoxy) is 1. The van der Waals surface area contributed by atoms with Gasteiger partial charge in [-0.25, -0.2) is 0 Å². The first-order chi connectivity index (χ1) is 8.66. The van der Waals surface area contributed by atoms with Crippen molar-refractivity contribution in [3.8, 4) is 0 Å². The van der Waals surface area contributed by atoms with Gasteiger partial charge >= 0.3 is 0 Å². The monoisotopic (exact) mass is 287 g/mol. The highest BCUT2D eigenvalue weighted by atomic mass is 35.5. The fourth-order valence-corrected chi connectivity index (χ4v) is 2.20. The van der Waals surface area contributed by atoms with E-state index < -0.39 is 11.7 Å². The fraction of sp³-hybridized carbons (Fsp3) is 0.333. The van der Waals surface area contributed by atoms with Crippen molar-refractivity contribution in [3.63, 3.8) is 0 Å². The van der Waals surface area contributed by atoms with Gasteiger partial charge in [-0.05, 0) is 12.1 Å². The largest absolute Gasteiger partial charge is 0.378 e. The molecule has 1 aromatic rings. The summed E-state index contributed by atoms with van der Waals surface area (Å²) in [6.07, 6.45) is 0. The van der Waals surface area contributed by atoms with Crippen molar-refractivity contribution < 1.29 is 14.3 Å². The second-order valence-corrected chi connectivity index (χ2v) is 4.51. The Hall–Kier alpha value is -1.10. The molecule has 0 spiro atoms. The number of benzene rings is 1. The van der Waals surface area contributed by atoms with Crippen molar-refractivity contribution in [3.05, 3.63) is 28.8 Å². The van der Waals surface area contributed by atoms with E-state index in [1.165, 1.54) is 4.90 Å². The fourth-order valence-electron chi connectivity index (χ4n) is 1.84. The van der Waals surface area contributed by atoms with E-state index in [9.17, 15) is 9.59 Å². The second kappa shape index (κ2) is 5.69. The number of nitrogens with zero attached hydrogens (tertiary/aromatic N) is 1. The number of fused-ring (bicyclic) bond motifs is 1. The molecule has 0 aromatic heterocycles. The summed E-state index contributed by atoms with van der Waals surface area (Å²) in [5.41, 5.74) is 0.827. The maximum atomic E-state index is 11.8. The first-order valence-corrected chi connectivity index (χ1v) is 6.36. The minimum Gasteiger partial charge on any atom is -0.378 e. The number of halogens is 2. The summed E-state index contributed by atoms with van der Waals surface area (Å²) >= 11 is 11.4. The first kappa shape index (κ1) is 13.3. The van der Waals surface area contributed by atoms with E-state index in [0.717, 1.165) is 0 Å². The lowest BCUT2D eigenvalue weighted by Crippen LogP contribution is -2.33. The Kier molecular flexibility index (Phi) is 4.22. The molecule has 0 unspecified atom stereocenters. The number of carbonyl (C=O) groups is 2. The molecule has 18 heavy (non-hydrogen) atoms. The van der Waals surface area contributed by atoms with Crippen LogP contribution in [-0.2, 0) is 9.53 Å². The Labute approximate surface area is 114 Å². The molecular weight excluding hydrogens is 277 g/mol. The smallest absolute Gasteiger partial charge is 0.299 e. The molecule has 0 saturated carbocycles. The Morgan fingerprint density at radius 1 is 1.22 bits per heavy atom. The Balaban J connectivity index is 2.16. The van der Waals surface area contributed by atoms with Crippen LogP contribution in [-0.4, -0.2) is 37.3 Å². The molecule has 0 radical (unpaired) electrons. The maximum Gasteiger partial charge on any atom is 0.299 e. The highest BCUT2D eigenvalue weighted by molar-refractivity contribution is 6.55. The third-order valence-corrected chi connectivity index (χ3v) is 3.10. The van der Waals surface area contributed by atoms with Crippen LogP contribution in [0.5, 0.6) is 0 Å². The van der Waals surface area contributed by atoms with Crippen LogP contribution in [0.2, 0.25) is 5.02 Å². The van der Waals surface area contributed by atoms with E-state index in [0.29, 0.717) is 36.3 Å². The number of amides is 1. The van der Waals surface area contributed by atoms with Gasteiger partial charge in [-0.15, -0.1) is 11.6 Å². The SMILES string of the molecule is O=C1C(=O)N(CCOCCCl)c2cccc(Cl)c21. The Morgan fingerprint density at radius 3 is 2.72 bits per heavy atom. The van der Waals surface area contributed by atoms with Gasteiger partial charge in [0.1, 0.15) is 0 Å². The van der Waals surface area contributed by atoms with E-state index in [4.69, 9.17) is 27.9 Å². The summed E-state index contributed by atoms with van der Waals surface area (Å²) in [6.45, 7) is 1.06. The molecule has 1 aliphatic heterocycles. The van der Waals surface area contributed by atoms with Crippen LogP contribution >= 0.6 is 23.2 Å². The maximum absolute atomic E-state index is 11.8. The number of carbonyl (C=O) groups excluding carboxylic acids is 2. The normalized spacial score (nSPS) is 14.2. The molecule has 2 rings (SSSR count). The number of ketones is 1. The molecule has 1 amide bonds. The summed E-state index contributed by atoms with van der Waals surface area (Å²) in [7, 11) is 0. The summed E-state index contributed by atoms with van der Waals surface area (Å²) in [5.74, 6) is -0.726. The number of alkyl halides is 1. The van der Waals surface area contributed by atoms with Crippen LogP contribution in [0, 0.1) is 0 Å². The molecule has 96 valence electrons. The van der Waals surface area contributed by atoms with Crippen LogP contribution in [0.15, 0.2) is 18.2 Å². The lowest BCUT2D eigenvalue weighted by molar-refractivity contribution is -0.114. The minimum absolute atomic E-state index is 0.279. The molecule has 0 fully saturated rings. The first-order valence-electron chi connectivity index (χ1n) is 5.45. The van der Waals surface area contributed by atoms with Crippen LogP contribution in [0.25, 0.3) is 0 Å². The summed E-state index contributed by atoms with van der Waals surface area (Å²) in [6, 6.07) is 5.00. The van der Waals surface area contributed by atoms with Gasteiger partial charge in [0.05, 0.1) is 29.5 Å². The summed E-state index contributed by atoms with van der Waals surface area (Å²) in [5, 5.41) is 0.301. The highest BCUT2D eigenvalue weighted by Gasteiger charge is 2.36. The molecule has 0 aliphatic carbocycles. The zero-order valence-corrected chi connectivity index (χ0v) is 11.0. The molecule has 6 heteroatoms. The molecule has 4 nitrogen and oxygen atoms in total. The average Bonchev–Trinajstić information content (AvgIpc) is 2.60. The Bertz CT molecular complexity index is 490. The predicted octanol–water partition coefficient (Wildman–Crippen LogP) is 2.12. The molecule has 1 heterocycles. The van der Waals surface area contributed by atoms with Gasteiger partial charge < -0.3 is 9.64 Å². The zero-order valence-electron chi connectivity index (χ0n) is 9.49. The van der Waals surface area contributed by atoms with Crippen LogP contribution < -0.4 is 4.90 Å². The van der Waals surface area contributed by atoms with Gasteiger partial charge in [0.2, 0.25) is 0 Å². The van der Waals surface area contributed by atoms with E-state index in [1.807, 2.05) is 0 Å². The number of rotatable bonds is 5. The van der Waals surface area contributed by atoms with Crippen molar-refractivity contribution in [2.75, 3.05) is 30.5 Å². The van der Waals surface area contributed by atoms with Crippen LogP contribution in [0.4, 0.5) is 5.69 Å². The average molecular weight is 288 g/mol. The van der Waals surface area contributed by atoms with Crippen LogP contribution in [0.3, 0.4) is 0 Å². The molecule has 0 N–H and O–H groups in total. The van der Waals surface area contributed by atoms with Crippen molar-refractivity contribution in [2.24, 2.45) is 0 Å². The van der Waals surface area contributed by atoms with Gasteiger partial charge in [-0.3, -0.25) is 9.59 Å². The number of Topliss-reactive ketones (excluding diaryl/α,β-unsaturated/α-hetero) is 1. The predicted molar refractivity (Wildman–Crippen MR) is 69.7 cm³/mol. The van der Waals surface area contributed by atoms with Crippen molar-refractivity contribution in [1.82, 2.24) is 0 Å². The topological polar surface area (TPSA) is 46.6 Å². The van der Waals surface area contributed by atoms with E-state index in [2.05, 4.69) is 0 Å². The molecule has 1 aromatic carbocycles. The van der Waals surface area contributed by atoms with Crippen molar-refractivity contribution in [1.29, 1.82) is 0 Å². The third kappa shape index (κ3) is 2.36. The number of hydrogen-bond donors (Lipinski definition) is 0.